The number of likely N-dealkylation sites (tertiary alicyclic amines) is 1. The predicted molar refractivity (Wildman–Crippen MR) is 78.4 cm³/mol. The van der Waals surface area contributed by atoms with E-state index in [0.29, 0.717) is 10.6 Å². The Bertz CT molecular complexity index is 481. The fourth-order valence-corrected chi connectivity index (χ4v) is 4.15. The number of aliphatic hydroxyl groups excluding tert-OH is 1. The second-order valence-corrected chi connectivity index (χ2v) is 6.48. The first-order valence-corrected chi connectivity index (χ1v) is 7.89. The summed E-state index contributed by atoms with van der Waals surface area (Å²) in [7, 11) is 0. The van der Waals surface area contributed by atoms with Gasteiger partial charge in [0.15, 0.2) is 0 Å². The second kappa shape index (κ2) is 5.63. The summed E-state index contributed by atoms with van der Waals surface area (Å²) in [6.45, 7) is 2.06. The molecular formula is C16H21ClFNO. The Morgan fingerprint density at radius 2 is 1.80 bits per heavy atom. The van der Waals surface area contributed by atoms with Crippen LogP contribution in [-0.2, 0) is 0 Å². The topological polar surface area (TPSA) is 23.5 Å². The minimum atomic E-state index is -0.703. The lowest BCUT2D eigenvalue weighted by atomic mass is 9.84. The van der Waals surface area contributed by atoms with E-state index in [1.165, 1.54) is 25.0 Å². The Balaban J connectivity index is 1.96. The molecule has 4 heteroatoms. The standard InChI is InChI=1S/C16H21ClFNO/c17-14-6-5-12(18)11-13(14)15(20)16(7-1-2-8-16)19-9-3-4-10-19/h5-6,11,15,20H,1-4,7-10H2. The quantitative estimate of drug-likeness (QED) is 0.914. The lowest BCUT2D eigenvalue weighted by Gasteiger charge is -2.43. The summed E-state index contributed by atoms with van der Waals surface area (Å²) in [5.74, 6) is -0.335. The Labute approximate surface area is 124 Å². The van der Waals surface area contributed by atoms with Crippen LogP contribution in [0.3, 0.4) is 0 Å². The molecule has 3 rings (SSSR count). The van der Waals surface area contributed by atoms with Gasteiger partial charge in [0.25, 0.3) is 0 Å². The van der Waals surface area contributed by atoms with Crippen LogP contribution < -0.4 is 0 Å². The Hall–Kier alpha value is -0.640. The highest BCUT2D eigenvalue weighted by Crippen LogP contribution is 2.47. The first kappa shape index (κ1) is 14.3. The van der Waals surface area contributed by atoms with Crippen LogP contribution >= 0.6 is 11.6 Å². The van der Waals surface area contributed by atoms with Crippen LogP contribution in [0.1, 0.15) is 50.2 Å². The summed E-state index contributed by atoms with van der Waals surface area (Å²) in [6.07, 6.45) is 5.87. The molecule has 0 spiro atoms. The van der Waals surface area contributed by atoms with E-state index in [-0.39, 0.29) is 11.4 Å². The summed E-state index contributed by atoms with van der Waals surface area (Å²) in [5.41, 5.74) is 0.300. The zero-order chi connectivity index (χ0) is 14.2. The second-order valence-electron chi connectivity index (χ2n) is 6.07. The summed E-state index contributed by atoms with van der Waals surface area (Å²) in [6, 6.07) is 4.28. The summed E-state index contributed by atoms with van der Waals surface area (Å²) in [5, 5.41) is 11.4. The monoisotopic (exact) mass is 297 g/mol. The number of halogens is 2. The largest absolute Gasteiger partial charge is 0.386 e. The molecule has 0 radical (unpaired) electrons. The first-order chi connectivity index (χ1) is 9.63. The molecule has 0 bridgehead atoms. The van der Waals surface area contributed by atoms with Crippen molar-refractivity contribution in [3.63, 3.8) is 0 Å². The molecule has 1 atom stereocenters. The highest BCUT2D eigenvalue weighted by molar-refractivity contribution is 6.31. The van der Waals surface area contributed by atoms with Gasteiger partial charge < -0.3 is 5.11 Å². The van der Waals surface area contributed by atoms with Gasteiger partial charge in [-0.2, -0.15) is 0 Å². The van der Waals surface area contributed by atoms with Crippen molar-refractivity contribution in [2.75, 3.05) is 13.1 Å². The predicted octanol–water partition coefficient (Wildman–Crippen LogP) is 3.92. The molecule has 2 fully saturated rings. The maximum absolute atomic E-state index is 13.5. The Morgan fingerprint density at radius 3 is 2.45 bits per heavy atom. The van der Waals surface area contributed by atoms with Gasteiger partial charge in [-0.05, 0) is 57.0 Å². The van der Waals surface area contributed by atoms with Crippen molar-refractivity contribution in [3.05, 3.63) is 34.6 Å². The molecule has 110 valence electrons. The average Bonchev–Trinajstić information content (AvgIpc) is 3.11. The zero-order valence-corrected chi connectivity index (χ0v) is 12.4. The smallest absolute Gasteiger partial charge is 0.123 e. The van der Waals surface area contributed by atoms with Crippen molar-refractivity contribution in [3.8, 4) is 0 Å². The minimum absolute atomic E-state index is 0.242. The van der Waals surface area contributed by atoms with Crippen molar-refractivity contribution >= 4 is 11.6 Å². The van der Waals surface area contributed by atoms with E-state index in [0.717, 1.165) is 38.8 Å². The van der Waals surface area contributed by atoms with Gasteiger partial charge in [0.2, 0.25) is 0 Å². The number of hydrogen-bond acceptors (Lipinski definition) is 2. The van der Waals surface area contributed by atoms with Crippen LogP contribution in [0, 0.1) is 5.82 Å². The third-order valence-electron chi connectivity index (χ3n) is 4.97. The van der Waals surface area contributed by atoms with Crippen LogP contribution in [0.2, 0.25) is 5.02 Å². The van der Waals surface area contributed by atoms with Crippen molar-refractivity contribution in [1.82, 2.24) is 4.90 Å². The number of nitrogens with zero attached hydrogens (tertiary/aromatic N) is 1. The molecule has 1 saturated carbocycles. The molecule has 1 unspecified atom stereocenters. The Kier molecular flexibility index (Phi) is 4.02. The van der Waals surface area contributed by atoms with Gasteiger partial charge in [0.1, 0.15) is 5.82 Å². The molecule has 0 aromatic heterocycles. The third-order valence-corrected chi connectivity index (χ3v) is 5.31. The van der Waals surface area contributed by atoms with E-state index in [2.05, 4.69) is 4.90 Å². The normalized spacial score (nSPS) is 24.1. The average molecular weight is 298 g/mol. The van der Waals surface area contributed by atoms with Gasteiger partial charge in [-0.25, -0.2) is 4.39 Å². The number of hydrogen-bond donors (Lipinski definition) is 1. The number of benzene rings is 1. The van der Waals surface area contributed by atoms with E-state index in [9.17, 15) is 9.50 Å². The SMILES string of the molecule is OC(c1cc(F)ccc1Cl)C1(N2CCCC2)CCCC1. The number of aliphatic hydroxyl groups is 1. The highest BCUT2D eigenvalue weighted by atomic mass is 35.5. The first-order valence-electron chi connectivity index (χ1n) is 7.51. The lowest BCUT2D eigenvalue weighted by Crippen LogP contribution is -2.49. The van der Waals surface area contributed by atoms with Gasteiger partial charge in [0, 0.05) is 10.6 Å². The maximum Gasteiger partial charge on any atom is 0.123 e. The van der Waals surface area contributed by atoms with Crippen molar-refractivity contribution in [2.24, 2.45) is 0 Å². The maximum atomic E-state index is 13.5. The minimum Gasteiger partial charge on any atom is -0.386 e. The van der Waals surface area contributed by atoms with E-state index >= 15 is 0 Å². The van der Waals surface area contributed by atoms with Gasteiger partial charge in [-0.3, -0.25) is 4.90 Å². The molecule has 1 aromatic carbocycles. The molecule has 0 amide bonds. The van der Waals surface area contributed by atoms with Crippen molar-refractivity contribution in [2.45, 2.75) is 50.2 Å². The molecule has 1 aromatic rings. The third kappa shape index (κ3) is 2.36. The van der Waals surface area contributed by atoms with Gasteiger partial charge in [-0.15, -0.1) is 0 Å². The molecule has 1 heterocycles. The van der Waals surface area contributed by atoms with E-state index in [4.69, 9.17) is 11.6 Å². The van der Waals surface area contributed by atoms with E-state index in [1.54, 1.807) is 6.07 Å². The molecule has 20 heavy (non-hydrogen) atoms. The van der Waals surface area contributed by atoms with Gasteiger partial charge in [-0.1, -0.05) is 24.4 Å². The fraction of sp³-hybridized carbons (Fsp3) is 0.625. The molecule has 1 aliphatic carbocycles. The summed E-state index contributed by atoms with van der Waals surface area (Å²) < 4.78 is 13.5. The van der Waals surface area contributed by atoms with E-state index < -0.39 is 6.10 Å². The summed E-state index contributed by atoms with van der Waals surface area (Å²) in [4.78, 5) is 2.41. The molecule has 2 nitrogen and oxygen atoms in total. The zero-order valence-electron chi connectivity index (χ0n) is 11.6. The molecular weight excluding hydrogens is 277 g/mol. The summed E-state index contributed by atoms with van der Waals surface area (Å²) >= 11 is 6.19. The van der Waals surface area contributed by atoms with Crippen LogP contribution in [0.5, 0.6) is 0 Å². The van der Waals surface area contributed by atoms with Gasteiger partial charge in [0.05, 0.1) is 11.6 Å². The number of rotatable bonds is 3. The fourth-order valence-electron chi connectivity index (χ4n) is 3.93. The van der Waals surface area contributed by atoms with E-state index in [1.807, 2.05) is 0 Å². The molecule has 1 saturated heterocycles. The Morgan fingerprint density at radius 1 is 1.15 bits per heavy atom. The van der Waals surface area contributed by atoms with Crippen molar-refractivity contribution < 1.29 is 9.50 Å². The molecule has 1 N–H and O–H groups in total. The van der Waals surface area contributed by atoms with Crippen LogP contribution in [0.25, 0.3) is 0 Å². The lowest BCUT2D eigenvalue weighted by molar-refractivity contribution is -0.0196. The molecule has 1 aliphatic heterocycles. The van der Waals surface area contributed by atoms with Crippen LogP contribution in [0.15, 0.2) is 18.2 Å². The van der Waals surface area contributed by atoms with Crippen LogP contribution in [-0.4, -0.2) is 28.6 Å². The van der Waals surface area contributed by atoms with Gasteiger partial charge >= 0.3 is 0 Å². The van der Waals surface area contributed by atoms with Crippen molar-refractivity contribution in [1.29, 1.82) is 0 Å². The molecule has 2 aliphatic rings. The highest BCUT2D eigenvalue weighted by Gasteiger charge is 2.47. The van der Waals surface area contributed by atoms with Crippen LogP contribution in [0.4, 0.5) is 4.39 Å².